The molecule has 130 valence electrons. The zero-order valence-electron chi connectivity index (χ0n) is 15.1. The molecule has 0 unspecified atom stereocenters. The minimum absolute atomic E-state index is 0.480. The molecule has 0 bridgehead atoms. The second-order valence-electron chi connectivity index (χ2n) is 6.56. The van der Waals surface area contributed by atoms with Gasteiger partial charge in [-0.05, 0) is 34.4 Å². The van der Waals surface area contributed by atoms with Crippen molar-refractivity contribution in [1.82, 2.24) is 4.98 Å². The van der Waals surface area contributed by atoms with E-state index in [1.165, 1.54) is 32.8 Å². The van der Waals surface area contributed by atoms with E-state index < -0.39 is 9.52 Å². The van der Waals surface area contributed by atoms with Gasteiger partial charge in [0.1, 0.15) is 9.52 Å². The van der Waals surface area contributed by atoms with Crippen LogP contribution in [0.15, 0.2) is 103 Å². The normalized spacial score (nSPS) is 11.4. The molecule has 2 heteroatoms. The molecule has 0 radical (unpaired) electrons. The lowest BCUT2D eigenvalue weighted by Crippen LogP contribution is -2.28. The Labute approximate surface area is 162 Å². The summed E-state index contributed by atoms with van der Waals surface area (Å²) in [5.41, 5.74) is 4.93. The Hall–Kier alpha value is -3.23. The van der Waals surface area contributed by atoms with Crippen molar-refractivity contribution in [3.8, 4) is 11.1 Å². The summed E-state index contributed by atoms with van der Waals surface area (Å²) < 4.78 is 0. The van der Waals surface area contributed by atoms with Crippen molar-refractivity contribution in [1.29, 1.82) is 0 Å². The summed E-state index contributed by atoms with van der Waals surface area (Å²) in [7, 11) is -0.480. The van der Waals surface area contributed by atoms with Gasteiger partial charge in [0.05, 0.1) is 0 Å². The summed E-state index contributed by atoms with van der Waals surface area (Å²) in [5, 5.41) is 2.65. The third kappa shape index (κ3) is 4.69. The summed E-state index contributed by atoms with van der Waals surface area (Å²) in [4.78, 5) is 4.45. The van der Waals surface area contributed by atoms with E-state index in [1.54, 1.807) is 0 Å². The van der Waals surface area contributed by atoms with E-state index in [0.29, 0.717) is 0 Å². The van der Waals surface area contributed by atoms with E-state index >= 15 is 0 Å². The van der Waals surface area contributed by atoms with Crippen LogP contribution in [0.1, 0.15) is 11.1 Å². The van der Waals surface area contributed by atoms with Gasteiger partial charge in [-0.1, -0.05) is 102 Å². The van der Waals surface area contributed by atoms with Gasteiger partial charge >= 0.3 is 0 Å². The van der Waals surface area contributed by atoms with Crippen molar-refractivity contribution in [3.63, 3.8) is 0 Å². The highest BCUT2D eigenvalue weighted by molar-refractivity contribution is 6.66. The van der Waals surface area contributed by atoms with Gasteiger partial charge in [0.15, 0.2) is 0 Å². The number of rotatable bonds is 5. The third-order valence-corrected chi connectivity index (χ3v) is 6.24. The summed E-state index contributed by atoms with van der Waals surface area (Å²) in [5.74, 6) is 0. The molecular formula is C25H21NSi. The van der Waals surface area contributed by atoms with E-state index in [4.69, 9.17) is 0 Å². The van der Waals surface area contributed by atoms with E-state index in [2.05, 4.69) is 102 Å². The number of nitrogens with zero attached hydrogens (tertiary/aromatic N) is 1. The molecule has 3 aromatic carbocycles. The summed E-state index contributed by atoms with van der Waals surface area (Å²) in [6.07, 6.45) is 6.21. The quantitative estimate of drug-likeness (QED) is 0.385. The molecule has 1 nitrogen and oxygen atoms in total. The zero-order valence-corrected chi connectivity index (χ0v) is 16.5. The smallest absolute Gasteiger partial charge is 0.111 e. The molecule has 0 amide bonds. The van der Waals surface area contributed by atoms with Gasteiger partial charge in [0.2, 0.25) is 0 Å². The number of hydrogen-bond acceptors (Lipinski definition) is 1. The standard InChI is InChI=1S/C25H21NSi/c1-2-6-22(7-3-1)23-15-11-20(12-16-23)9-10-21-13-17-24(18-14-21)27-25-8-4-5-19-26-25/h1-19H,27H2. The average molecular weight is 364 g/mol. The van der Waals surface area contributed by atoms with E-state index in [0.717, 1.165) is 0 Å². The predicted octanol–water partition coefficient (Wildman–Crippen LogP) is 4.04. The number of hydrogen-bond donors (Lipinski definition) is 0. The molecule has 1 heterocycles. The van der Waals surface area contributed by atoms with E-state index in [-0.39, 0.29) is 0 Å². The Balaban J connectivity index is 1.42. The fraction of sp³-hybridized carbons (Fsp3) is 0. The third-order valence-electron chi connectivity index (χ3n) is 4.58. The zero-order chi connectivity index (χ0) is 18.3. The van der Waals surface area contributed by atoms with Gasteiger partial charge in [0, 0.05) is 11.5 Å². The molecule has 0 saturated carbocycles. The van der Waals surface area contributed by atoms with Crippen LogP contribution < -0.4 is 10.5 Å². The highest BCUT2D eigenvalue weighted by Crippen LogP contribution is 2.20. The van der Waals surface area contributed by atoms with Crippen LogP contribution in [0, 0.1) is 0 Å². The topological polar surface area (TPSA) is 12.9 Å². The van der Waals surface area contributed by atoms with Crippen molar-refractivity contribution >= 4 is 32.2 Å². The fourth-order valence-corrected chi connectivity index (χ4v) is 4.41. The second-order valence-corrected chi connectivity index (χ2v) is 8.46. The van der Waals surface area contributed by atoms with Crippen LogP contribution in [0.5, 0.6) is 0 Å². The first-order chi connectivity index (χ1) is 13.4. The highest BCUT2D eigenvalue weighted by Gasteiger charge is 1.98. The van der Waals surface area contributed by atoms with Crippen molar-refractivity contribution < 1.29 is 0 Å². The largest absolute Gasteiger partial charge is 0.266 e. The second kappa shape index (κ2) is 8.43. The molecule has 1 aromatic heterocycles. The molecule has 0 aliphatic rings. The van der Waals surface area contributed by atoms with Crippen molar-refractivity contribution in [3.05, 3.63) is 114 Å². The van der Waals surface area contributed by atoms with E-state index in [9.17, 15) is 0 Å². The molecular weight excluding hydrogens is 342 g/mol. The maximum Gasteiger partial charge on any atom is 0.111 e. The summed E-state index contributed by atoms with van der Waals surface area (Å²) in [6, 6.07) is 34.2. The Morgan fingerprint density at radius 3 is 1.78 bits per heavy atom. The Bertz CT molecular complexity index is 1010. The van der Waals surface area contributed by atoms with Crippen LogP contribution >= 0.6 is 0 Å². The van der Waals surface area contributed by atoms with Gasteiger partial charge in [-0.25, -0.2) is 0 Å². The first-order valence-corrected chi connectivity index (χ1v) is 10.6. The molecule has 0 aliphatic heterocycles. The van der Waals surface area contributed by atoms with Crippen molar-refractivity contribution in [2.24, 2.45) is 0 Å². The first-order valence-electron chi connectivity index (χ1n) is 9.19. The number of aromatic nitrogens is 1. The lowest BCUT2D eigenvalue weighted by Gasteiger charge is -2.02. The van der Waals surface area contributed by atoms with E-state index in [1.807, 2.05) is 18.3 Å². The van der Waals surface area contributed by atoms with Crippen molar-refractivity contribution in [2.45, 2.75) is 0 Å². The average Bonchev–Trinajstić information content (AvgIpc) is 2.75. The van der Waals surface area contributed by atoms with Crippen molar-refractivity contribution in [2.75, 3.05) is 0 Å². The Morgan fingerprint density at radius 2 is 1.15 bits per heavy atom. The molecule has 0 N–H and O–H groups in total. The van der Waals surface area contributed by atoms with Crippen LogP contribution in [0.3, 0.4) is 0 Å². The molecule has 4 rings (SSSR count). The molecule has 0 spiro atoms. The molecule has 0 aliphatic carbocycles. The van der Waals surface area contributed by atoms with Crippen LogP contribution in [0.25, 0.3) is 23.3 Å². The van der Waals surface area contributed by atoms with Crippen LogP contribution in [-0.2, 0) is 0 Å². The minimum atomic E-state index is -0.480. The monoisotopic (exact) mass is 363 g/mol. The summed E-state index contributed by atoms with van der Waals surface area (Å²) in [6.45, 7) is 0. The van der Waals surface area contributed by atoms with Gasteiger partial charge in [-0.2, -0.15) is 0 Å². The van der Waals surface area contributed by atoms with Gasteiger partial charge in [0.25, 0.3) is 0 Å². The molecule has 0 saturated heterocycles. The lowest BCUT2D eigenvalue weighted by atomic mass is 10.0. The fourth-order valence-electron chi connectivity index (χ4n) is 3.07. The molecule has 27 heavy (non-hydrogen) atoms. The van der Waals surface area contributed by atoms with Crippen LogP contribution in [-0.4, -0.2) is 14.5 Å². The molecule has 4 aromatic rings. The summed E-state index contributed by atoms with van der Waals surface area (Å²) >= 11 is 0. The van der Waals surface area contributed by atoms with Gasteiger partial charge in [-0.3, -0.25) is 4.98 Å². The van der Waals surface area contributed by atoms with Gasteiger partial charge < -0.3 is 0 Å². The molecule has 0 fully saturated rings. The molecule has 0 atom stereocenters. The highest BCUT2D eigenvalue weighted by atomic mass is 28.2. The maximum atomic E-state index is 4.45. The van der Waals surface area contributed by atoms with Crippen LogP contribution in [0.2, 0.25) is 0 Å². The Kier molecular flexibility index (Phi) is 5.37. The van der Waals surface area contributed by atoms with Gasteiger partial charge in [-0.15, -0.1) is 0 Å². The maximum absolute atomic E-state index is 4.45. The minimum Gasteiger partial charge on any atom is -0.266 e. The Morgan fingerprint density at radius 1 is 0.556 bits per heavy atom. The van der Waals surface area contributed by atoms with Crippen LogP contribution in [0.4, 0.5) is 0 Å². The SMILES string of the molecule is C(=Cc1ccc(-c2ccccc2)cc1)c1ccc([SiH2]c2ccccn2)cc1. The predicted molar refractivity (Wildman–Crippen MR) is 119 cm³/mol. The number of pyridine rings is 1. The first kappa shape index (κ1) is 17.2. The lowest BCUT2D eigenvalue weighted by molar-refractivity contribution is 1.39. The number of benzene rings is 3.